The molecule has 4 heteroatoms. The van der Waals surface area contributed by atoms with Gasteiger partial charge >= 0.3 is 7.60 Å². The lowest BCUT2D eigenvalue weighted by atomic mass is 9.89. The van der Waals surface area contributed by atoms with Crippen molar-refractivity contribution in [2.24, 2.45) is 0 Å². The lowest BCUT2D eigenvalue weighted by Crippen LogP contribution is -2.29. The molecule has 0 aromatic heterocycles. The van der Waals surface area contributed by atoms with Crippen LogP contribution in [-0.4, -0.2) is 14.9 Å². The van der Waals surface area contributed by atoms with E-state index in [0.29, 0.717) is 19.3 Å². The Hall–Kier alpha value is 0.150. The minimum Gasteiger partial charge on any atom is -0.324 e. The third kappa shape index (κ3) is 6.92. The third-order valence-corrected chi connectivity index (χ3v) is 6.01. The first-order chi connectivity index (χ1) is 8.93. The first kappa shape index (κ1) is 19.1. The van der Waals surface area contributed by atoms with Crippen LogP contribution in [0.3, 0.4) is 0 Å². The maximum Gasteiger partial charge on any atom is 0.331 e. The van der Waals surface area contributed by atoms with Gasteiger partial charge in [-0.15, -0.1) is 0 Å². The highest BCUT2D eigenvalue weighted by Gasteiger charge is 2.44. The van der Waals surface area contributed by atoms with E-state index < -0.39 is 12.8 Å². The lowest BCUT2D eigenvalue weighted by molar-refractivity contribution is 0.283. The van der Waals surface area contributed by atoms with Crippen molar-refractivity contribution in [2.45, 2.75) is 96.6 Å². The fourth-order valence-electron chi connectivity index (χ4n) is 2.73. The fraction of sp³-hybridized carbons (Fsp3) is 1.00. The van der Waals surface area contributed by atoms with Crippen LogP contribution in [0.1, 0.15) is 91.4 Å². The van der Waals surface area contributed by atoms with Gasteiger partial charge in [-0.1, -0.05) is 72.1 Å². The van der Waals surface area contributed by atoms with E-state index in [4.69, 9.17) is 0 Å². The van der Waals surface area contributed by atoms with Gasteiger partial charge in [0.15, 0.2) is 0 Å². The molecular weight excluding hydrogens is 259 g/mol. The standard InChI is InChI=1S/C15H33O3P/c1-4-7-10-13-15(12-9-6-3,19(16,17)18)14-11-8-5-2/h4-14H2,1-3H3,(H2,16,17,18). The zero-order chi connectivity index (χ0) is 14.8. The molecule has 116 valence electrons. The first-order valence-corrected chi connectivity index (χ1v) is 9.60. The second-order valence-electron chi connectivity index (χ2n) is 5.79. The van der Waals surface area contributed by atoms with Crippen LogP contribution in [-0.2, 0) is 4.57 Å². The van der Waals surface area contributed by atoms with E-state index in [1.54, 1.807) is 0 Å². The Labute approximate surface area is 119 Å². The quantitative estimate of drug-likeness (QED) is 0.381. The molecule has 0 aromatic carbocycles. The summed E-state index contributed by atoms with van der Waals surface area (Å²) in [6.45, 7) is 6.34. The fourth-order valence-corrected chi connectivity index (χ4v) is 4.07. The van der Waals surface area contributed by atoms with Gasteiger partial charge in [-0.2, -0.15) is 0 Å². The van der Waals surface area contributed by atoms with Gasteiger partial charge < -0.3 is 9.79 Å². The maximum atomic E-state index is 12.0. The van der Waals surface area contributed by atoms with Crippen molar-refractivity contribution >= 4 is 7.60 Å². The smallest absolute Gasteiger partial charge is 0.324 e. The second-order valence-corrected chi connectivity index (χ2v) is 7.82. The molecule has 0 aliphatic carbocycles. The Morgan fingerprint density at radius 1 is 0.737 bits per heavy atom. The summed E-state index contributed by atoms with van der Waals surface area (Å²) in [4.78, 5) is 19.7. The molecule has 19 heavy (non-hydrogen) atoms. The van der Waals surface area contributed by atoms with Gasteiger partial charge in [0.05, 0.1) is 5.16 Å². The normalized spacial score (nSPS) is 12.9. The average molecular weight is 292 g/mol. The van der Waals surface area contributed by atoms with Crippen molar-refractivity contribution in [3.05, 3.63) is 0 Å². The van der Waals surface area contributed by atoms with E-state index >= 15 is 0 Å². The summed E-state index contributed by atoms with van der Waals surface area (Å²) >= 11 is 0. The summed E-state index contributed by atoms with van der Waals surface area (Å²) in [6, 6.07) is 0. The molecule has 3 nitrogen and oxygen atoms in total. The van der Waals surface area contributed by atoms with E-state index in [1.807, 2.05) is 0 Å². The molecule has 0 aliphatic heterocycles. The highest BCUT2D eigenvalue weighted by atomic mass is 31.2. The van der Waals surface area contributed by atoms with Crippen LogP contribution in [0.2, 0.25) is 0 Å². The molecule has 0 unspecified atom stereocenters. The highest BCUT2D eigenvalue weighted by molar-refractivity contribution is 7.53. The number of hydrogen-bond acceptors (Lipinski definition) is 1. The molecule has 0 amide bonds. The van der Waals surface area contributed by atoms with Gasteiger partial charge in [-0.05, 0) is 19.3 Å². The Balaban J connectivity index is 4.81. The molecule has 2 N–H and O–H groups in total. The molecule has 0 radical (unpaired) electrons. The van der Waals surface area contributed by atoms with E-state index in [1.165, 1.54) is 0 Å². The van der Waals surface area contributed by atoms with Crippen LogP contribution in [0.4, 0.5) is 0 Å². The van der Waals surface area contributed by atoms with Crippen molar-refractivity contribution in [1.82, 2.24) is 0 Å². The highest BCUT2D eigenvalue weighted by Crippen LogP contribution is 2.58. The number of rotatable bonds is 12. The van der Waals surface area contributed by atoms with Crippen molar-refractivity contribution in [3.63, 3.8) is 0 Å². The van der Waals surface area contributed by atoms with Crippen LogP contribution in [0.15, 0.2) is 0 Å². The first-order valence-electron chi connectivity index (χ1n) is 7.99. The molecule has 0 saturated heterocycles. The monoisotopic (exact) mass is 292 g/mol. The molecule has 0 fully saturated rings. The van der Waals surface area contributed by atoms with Crippen LogP contribution >= 0.6 is 7.60 Å². The zero-order valence-corrected chi connectivity index (χ0v) is 13.9. The molecule has 0 heterocycles. The molecule has 0 rings (SSSR count). The van der Waals surface area contributed by atoms with Gasteiger partial charge in [-0.3, -0.25) is 4.57 Å². The van der Waals surface area contributed by atoms with Gasteiger partial charge in [-0.25, -0.2) is 0 Å². The summed E-state index contributed by atoms with van der Waals surface area (Å²) in [5.74, 6) is 0. The minimum atomic E-state index is -4.02. The molecule has 0 spiro atoms. The van der Waals surface area contributed by atoms with Crippen molar-refractivity contribution in [3.8, 4) is 0 Å². The summed E-state index contributed by atoms with van der Waals surface area (Å²) in [5, 5.41) is -0.743. The predicted molar refractivity (Wildman–Crippen MR) is 82.6 cm³/mol. The Kier molecular flexibility index (Phi) is 10.0. The molecular formula is C15H33O3P. The van der Waals surface area contributed by atoms with Crippen molar-refractivity contribution < 1.29 is 14.4 Å². The van der Waals surface area contributed by atoms with Crippen molar-refractivity contribution in [2.75, 3.05) is 0 Å². The van der Waals surface area contributed by atoms with Crippen LogP contribution in [0, 0.1) is 0 Å². The predicted octanol–water partition coefficient (Wildman–Crippen LogP) is 5.25. The van der Waals surface area contributed by atoms with Gasteiger partial charge in [0.1, 0.15) is 0 Å². The summed E-state index contributed by atoms with van der Waals surface area (Å²) in [7, 11) is -4.02. The zero-order valence-electron chi connectivity index (χ0n) is 13.0. The molecule has 0 atom stereocenters. The van der Waals surface area contributed by atoms with Gasteiger partial charge in [0.25, 0.3) is 0 Å². The molecule has 0 bridgehead atoms. The molecule has 0 aromatic rings. The van der Waals surface area contributed by atoms with Crippen LogP contribution in [0.25, 0.3) is 0 Å². The van der Waals surface area contributed by atoms with E-state index in [9.17, 15) is 14.4 Å². The second kappa shape index (κ2) is 9.96. The Bertz CT molecular complexity index is 250. The maximum absolute atomic E-state index is 12.0. The molecule has 0 aliphatic rings. The molecule has 0 saturated carbocycles. The van der Waals surface area contributed by atoms with E-state index in [0.717, 1.165) is 51.4 Å². The summed E-state index contributed by atoms with van der Waals surface area (Å²) in [6.07, 6.45) is 10.2. The minimum absolute atomic E-state index is 0.682. The topological polar surface area (TPSA) is 57.5 Å². The summed E-state index contributed by atoms with van der Waals surface area (Å²) < 4.78 is 12.0. The Morgan fingerprint density at radius 3 is 1.42 bits per heavy atom. The van der Waals surface area contributed by atoms with E-state index in [2.05, 4.69) is 20.8 Å². The number of unbranched alkanes of at least 4 members (excludes halogenated alkanes) is 5. The van der Waals surface area contributed by atoms with Crippen LogP contribution in [0.5, 0.6) is 0 Å². The lowest BCUT2D eigenvalue weighted by Gasteiger charge is -2.35. The number of hydrogen-bond donors (Lipinski definition) is 2. The largest absolute Gasteiger partial charge is 0.331 e. The third-order valence-electron chi connectivity index (χ3n) is 4.10. The van der Waals surface area contributed by atoms with Gasteiger partial charge in [0.2, 0.25) is 0 Å². The Morgan fingerprint density at radius 2 is 1.11 bits per heavy atom. The SMILES string of the molecule is CCCCCC(CCCC)(CCCCC)P(=O)(O)O. The summed E-state index contributed by atoms with van der Waals surface area (Å²) in [5.41, 5.74) is 0. The van der Waals surface area contributed by atoms with Crippen molar-refractivity contribution in [1.29, 1.82) is 0 Å². The van der Waals surface area contributed by atoms with Gasteiger partial charge in [0, 0.05) is 0 Å². The van der Waals surface area contributed by atoms with E-state index in [-0.39, 0.29) is 0 Å². The van der Waals surface area contributed by atoms with Crippen LogP contribution < -0.4 is 0 Å². The average Bonchev–Trinajstić information content (AvgIpc) is 2.34.